The first-order valence-corrected chi connectivity index (χ1v) is 9.00. The molecular weight excluding hydrogens is 302 g/mol. The van der Waals surface area contributed by atoms with Crippen molar-refractivity contribution < 1.29 is 4.79 Å². The first-order chi connectivity index (χ1) is 11.6. The molecular formula is C18H27N5O. The molecule has 1 atom stereocenters. The number of aromatic nitrogens is 3. The number of pyridine rings is 1. The molecule has 2 amide bonds. The Balaban J connectivity index is 1.72. The minimum Gasteiger partial charge on any atom is -0.335 e. The van der Waals surface area contributed by atoms with Gasteiger partial charge in [0.05, 0.1) is 6.04 Å². The van der Waals surface area contributed by atoms with Crippen molar-refractivity contribution in [2.24, 2.45) is 5.92 Å². The van der Waals surface area contributed by atoms with E-state index >= 15 is 0 Å². The Morgan fingerprint density at radius 2 is 2.04 bits per heavy atom. The van der Waals surface area contributed by atoms with Crippen molar-refractivity contribution in [2.45, 2.75) is 64.5 Å². The maximum absolute atomic E-state index is 12.5. The summed E-state index contributed by atoms with van der Waals surface area (Å²) in [6.45, 7) is 4.30. The third-order valence-corrected chi connectivity index (χ3v) is 4.60. The summed E-state index contributed by atoms with van der Waals surface area (Å²) in [6, 6.07) is 5.87. The fraction of sp³-hybridized carbons (Fsp3) is 0.611. The van der Waals surface area contributed by atoms with E-state index in [1.807, 2.05) is 28.8 Å². The predicted octanol–water partition coefficient (Wildman–Crippen LogP) is 3.45. The number of nitrogens with one attached hydrogen (secondary N) is 2. The number of amides is 2. The van der Waals surface area contributed by atoms with Crippen molar-refractivity contribution in [1.29, 1.82) is 0 Å². The number of hydrogen-bond acceptors (Lipinski definition) is 3. The molecule has 1 aliphatic carbocycles. The van der Waals surface area contributed by atoms with Gasteiger partial charge in [-0.2, -0.15) is 0 Å². The average molecular weight is 329 g/mol. The Bertz CT molecular complexity index is 675. The molecule has 130 valence electrons. The van der Waals surface area contributed by atoms with Crippen LogP contribution in [0.1, 0.15) is 64.2 Å². The number of nitrogens with zero attached hydrogens (tertiary/aromatic N) is 3. The van der Waals surface area contributed by atoms with E-state index in [9.17, 15) is 4.79 Å². The minimum absolute atomic E-state index is 0.0970. The summed E-state index contributed by atoms with van der Waals surface area (Å²) in [5.74, 6) is 1.24. The van der Waals surface area contributed by atoms with E-state index < -0.39 is 0 Å². The molecule has 1 fully saturated rings. The van der Waals surface area contributed by atoms with Gasteiger partial charge in [-0.15, -0.1) is 10.2 Å². The summed E-state index contributed by atoms with van der Waals surface area (Å²) >= 11 is 0. The lowest BCUT2D eigenvalue weighted by Crippen LogP contribution is -2.44. The lowest BCUT2D eigenvalue weighted by atomic mass is 9.96. The number of carbonyl (C=O) groups is 1. The number of hydrogen-bond donors (Lipinski definition) is 2. The molecule has 0 saturated heterocycles. The monoisotopic (exact) mass is 329 g/mol. The van der Waals surface area contributed by atoms with Gasteiger partial charge < -0.3 is 10.6 Å². The molecule has 2 heterocycles. The zero-order chi connectivity index (χ0) is 16.9. The maximum Gasteiger partial charge on any atom is 0.315 e. The second-order valence-electron chi connectivity index (χ2n) is 7.12. The molecule has 0 bridgehead atoms. The molecule has 0 aromatic carbocycles. The van der Waals surface area contributed by atoms with E-state index in [0.29, 0.717) is 12.0 Å². The summed E-state index contributed by atoms with van der Waals surface area (Å²) in [4.78, 5) is 12.5. The Morgan fingerprint density at radius 1 is 1.25 bits per heavy atom. The summed E-state index contributed by atoms with van der Waals surface area (Å²) in [6.07, 6.45) is 8.62. The summed E-state index contributed by atoms with van der Waals surface area (Å²) in [5.41, 5.74) is 0.802. The zero-order valence-corrected chi connectivity index (χ0v) is 14.5. The molecule has 2 aromatic rings. The molecule has 24 heavy (non-hydrogen) atoms. The van der Waals surface area contributed by atoms with Crippen molar-refractivity contribution >= 4 is 11.7 Å². The highest BCUT2D eigenvalue weighted by molar-refractivity contribution is 5.74. The van der Waals surface area contributed by atoms with Crippen molar-refractivity contribution in [3.05, 3.63) is 30.2 Å². The first-order valence-electron chi connectivity index (χ1n) is 9.00. The van der Waals surface area contributed by atoms with E-state index in [0.717, 1.165) is 30.7 Å². The third-order valence-electron chi connectivity index (χ3n) is 4.60. The highest BCUT2D eigenvalue weighted by Crippen LogP contribution is 2.21. The minimum atomic E-state index is -0.147. The van der Waals surface area contributed by atoms with E-state index in [1.54, 1.807) is 0 Å². The molecule has 0 aliphatic heterocycles. The SMILES string of the molecule is CC(C)C[C@H](NC(=O)NC1CCCCC1)c1nnc2ccccn12. The fourth-order valence-electron chi connectivity index (χ4n) is 3.43. The van der Waals surface area contributed by atoms with Gasteiger partial charge in [0.15, 0.2) is 11.5 Å². The van der Waals surface area contributed by atoms with Gasteiger partial charge in [-0.3, -0.25) is 4.40 Å². The highest BCUT2D eigenvalue weighted by Gasteiger charge is 2.23. The lowest BCUT2D eigenvalue weighted by Gasteiger charge is -2.25. The summed E-state index contributed by atoms with van der Waals surface area (Å²) in [5, 5.41) is 14.8. The van der Waals surface area contributed by atoms with Crippen LogP contribution in [0.3, 0.4) is 0 Å². The van der Waals surface area contributed by atoms with Gasteiger partial charge in [-0.05, 0) is 37.3 Å². The number of rotatable bonds is 5. The predicted molar refractivity (Wildman–Crippen MR) is 93.7 cm³/mol. The fourth-order valence-corrected chi connectivity index (χ4v) is 3.43. The Morgan fingerprint density at radius 3 is 2.79 bits per heavy atom. The van der Waals surface area contributed by atoms with Crippen LogP contribution in [0.25, 0.3) is 5.65 Å². The number of urea groups is 1. The molecule has 0 radical (unpaired) electrons. The van der Waals surface area contributed by atoms with Crippen LogP contribution in [0.4, 0.5) is 4.79 Å². The van der Waals surface area contributed by atoms with Gasteiger partial charge in [0.1, 0.15) is 0 Å². The van der Waals surface area contributed by atoms with Gasteiger partial charge in [0.25, 0.3) is 0 Å². The zero-order valence-electron chi connectivity index (χ0n) is 14.5. The number of carbonyl (C=O) groups excluding carboxylic acids is 1. The van der Waals surface area contributed by atoms with Crippen LogP contribution < -0.4 is 10.6 Å². The maximum atomic E-state index is 12.5. The molecule has 2 aromatic heterocycles. The van der Waals surface area contributed by atoms with E-state index in [1.165, 1.54) is 19.3 Å². The van der Waals surface area contributed by atoms with Gasteiger partial charge in [0.2, 0.25) is 0 Å². The second kappa shape index (κ2) is 7.64. The average Bonchev–Trinajstić information content (AvgIpc) is 2.98. The summed E-state index contributed by atoms with van der Waals surface area (Å²) < 4.78 is 1.95. The van der Waals surface area contributed by atoms with Crippen LogP contribution >= 0.6 is 0 Å². The molecule has 1 saturated carbocycles. The Labute approximate surface area is 143 Å². The topological polar surface area (TPSA) is 71.3 Å². The molecule has 3 rings (SSSR count). The van der Waals surface area contributed by atoms with Gasteiger partial charge in [0, 0.05) is 12.2 Å². The Hall–Kier alpha value is -2.11. The van der Waals surface area contributed by atoms with Crippen LogP contribution in [0.15, 0.2) is 24.4 Å². The van der Waals surface area contributed by atoms with E-state index in [4.69, 9.17) is 0 Å². The standard InChI is InChI=1S/C18H27N5O/c1-13(2)12-15(17-22-21-16-10-6-7-11-23(16)17)20-18(24)19-14-8-4-3-5-9-14/h6-7,10-11,13-15H,3-5,8-9,12H2,1-2H3,(H2,19,20,24)/t15-/m0/s1. The van der Waals surface area contributed by atoms with E-state index in [-0.39, 0.29) is 12.1 Å². The normalized spacial score (nSPS) is 17.1. The quantitative estimate of drug-likeness (QED) is 0.882. The van der Waals surface area contributed by atoms with Crippen LogP contribution in [0, 0.1) is 5.92 Å². The van der Waals surface area contributed by atoms with Gasteiger partial charge >= 0.3 is 6.03 Å². The Kier molecular flexibility index (Phi) is 5.33. The summed E-state index contributed by atoms with van der Waals surface area (Å²) in [7, 11) is 0. The van der Waals surface area contributed by atoms with Crippen molar-refractivity contribution in [3.63, 3.8) is 0 Å². The van der Waals surface area contributed by atoms with Crippen LogP contribution in [0.5, 0.6) is 0 Å². The van der Waals surface area contributed by atoms with E-state index in [2.05, 4.69) is 34.7 Å². The van der Waals surface area contributed by atoms with Crippen molar-refractivity contribution in [1.82, 2.24) is 25.2 Å². The van der Waals surface area contributed by atoms with Crippen LogP contribution in [-0.4, -0.2) is 26.7 Å². The number of fused-ring (bicyclic) bond motifs is 1. The van der Waals surface area contributed by atoms with Gasteiger partial charge in [-0.25, -0.2) is 4.79 Å². The highest BCUT2D eigenvalue weighted by atomic mass is 16.2. The third kappa shape index (κ3) is 4.04. The van der Waals surface area contributed by atoms with Crippen LogP contribution in [0.2, 0.25) is 0 Å². The lowest BCUT2D eigenvalue weighted by molar-refractivity contribution is 0.226. The van der Waals surface area contributed by atoms with Gasteiger partial charge in [-0.1, -0.05) is 39.2 Å². The molecule has 2 N–H and O–H groups in total. The first kappa shape index (κ1) is 16.7. The van der Waals surface area contributed by atoms with Crippen LogP contribution in [-0.2, 0) is 0 Å². The van der Waals surface area contributed by atoms with Crippen molar-refractivity contribution in [2.75, 3.05) is 0 Å². The molecule has 6 nitrogen and oxygen atoms in total. The molecule has 1 aliphatic rings. The smallest absolute Gasteiger partial charge is 0.315 e. The molecule has 0 spiro atoms. The molecule has 0 unspecified atom stereocenters. The second-order valence-corrected chi connectivity index (χ2v) is 7.12. The largest absolute Gasteiger partial charge is 0.335 e. The van der Waals surface area contributed by atoms with Crippen molar-refractivity contribution in [3.8, 4) is 0 Å². The molecule has 6 heteroatoms.